The molecule has 0 aromatic carbocycles. The predicted molar refractivity (Wildman–Crippen MR) is 80.7 cm³/mol. The average molecular weight is 319 g/mol. The Kier molecular flexibility index (Phi) is 5.97. The highest BCUT2D eigenvalue weighted by Crippen LogP contribution is 2.25. The molecule has 0 aliphatic heterocycles. The number of nitrogens with zero attached hydrogens (tertiary/aromatic N) is 2. The van der Waals surface area contributed by atoms with E-state index < -0.39 is 10.0 Å². The van der Waals surface area contributed by atoms with Crippen LogP contribution in [0.4, 0.5) is 0 Å². The van der Waals surface area contributed by atoms with E-state index in [0.717, 1.165) is 11.3 Å². The van der Waals surface area contributed by atoms with Crippen molar-refractivity contribution in [2.75, 3.05) is 13.1 Å². The first-order chi connectivity index (χ1) is 9.36. The van der Waals surface area contributed by atoms with Gasteiger partial charge in [0.05, 0.1) is 0 Å². The van der Waals surface area contributed by atoms with Crippen LogP contribution >= 0.6 is 11.3 Å². The molecule has 3 N–H and O–H groups in total. The maximum atomic E-state index is 12.5. The third-order valence-corrected chi connectivity index (χ3v) is 6.67. The van der Waals surface area contributed by atoms with Crippen LogP contribution in [0.5, 0.6) is 0 Å². The van der Waals surface area contributed by atoms with Crippen LogP contribution in [0.15, 0.2) is 21.5 Å². The van der Waals surface area contributed by atoms with Crippen molar-refractivity contribution in [3.63, 3.8) is 0 Å². The van der Waals surface area contributed by atoms with Gasteiger partial charge in [0.25, 0.3) is 10.0 Å². The molecule has 0 aliphatic rings. The van der Waals surface area contributed by atoms with Crippen LogP contribution in [0, 0.1) is 5.92 Å². The first-order valence-corrected chi connectivity index (χ1v) is 8.68. The van der Waals surface area contributed by atoms with E-state index in [1.807, 2.05) is 13.0 Å². The third-order valence-electron chi connectivity index (χ3n) is 3.03. The van der Waals surface area contributed by atoms with Gasteiger partial charge in [-0.15, -0.1) is 11.3 Å². The molecule has 1 aromatic rings. The molecule has 1 rings (SSSR count). The number of hydrogen-bond acceptors (Lipinski definition) is 5. The minimum atomic E-state index is -3.52. The van der Waals surface area contributed by atoms with E-state index >= 15 is 0 Å². The fraction of sp³-hybridized carbons (Fsp3) is 0.583. The molecule has 20 heavy (non-hydrogen) atoms. The maximum Gasteiger partial charge on any atom is 0.252 e. The largest absolute Gasteiger partial charge is 0.409 e. The van der Waals surface area contributed by atoms with Gasteiger partial charge < -0.3 is 10.9 Å². The molecule has 0 saturated carbocycles. The molecule has 114 valence electrons. The van der Waals surface area contributed by atoms with Crippen molar-refractivity contribution in [2.24, 2.45) is 16.8 Å². The highest BCUT2D eigenvalue weighted by atomic mass is 32.2. The monoisotopic (exact) mass is 319 g/mol. The van der Waals surface area contributed by atoms with E-state index in [0.29, 0.717) is 10.8 Å². The Morgan fingerprint density at radius 2 is 2.15 bits per heavy atom. The van der Waals surface area contributed by atoms with Gasteiger partial charge in [-0.25, -0.2) is 8.42 Å². The van der Waals surface area contributed by atoms with E-state index in [1.54, 1.807) is 19.9 Å². The smallest absolute Gasteiger partial charge is 0.252 e. The molecule has 8 heteroatoms. The summed E-state index contributed by atoms with van der Waals surface area (Å²) in [5.41, 5.74) is 5.51. The van der Waals surface area contributed by atoms with Crippen molar-refractivity contribution in [1.82, 2.24) is 4.31 Å². The van der Waals surface area contributed by atoms with Crippen molar-refractivity contribution >= 4 is 27.2 Å². The zero-order valence-corrected chi connectivity index (χ0v) is 13.5. The summed E-state index contributed by atoms with van der Waals surface area (Å²) < 4.78 is 26.7. The molecule has 1 unspecified atom stereocenters. The van der Waals surface area contributed by atoms with Crippen LogP contribution in [-0.2, 0) is 16.4 Å². The lowest BCUT2D eigenvalue weighted by Crippen LogP contribution is -2.38. The zero-order chi connectivity index (χ0) is 15.3. The van der Waals surface area contributed by atoms with Crippen LogP contribution in [0.1, 0.15) is 25.6 Å². The van der Waals surface area contributed by atoms with Crippen LogP contribution in [-0.4, -0.2) is 36.9 Å². The summed E-state index contributed by atoms with van der Waals surface area (Å²) in [6, 6.07) is 3.47. The highest BCUT2D eigenvalue weighted by Gasteiger charge is 2.27. The second-order valence-electron chi connectivity index (χ2n) is 4.46. The van der Waals surface area contributed by atoms with E-state index in [-0.39, 0.29) is 18.3 Å². The highest BCUT2D eigenvalue weighted by molar-refractivity contribution is 7.91. The van der Waals surface area contributed by atoms with E-state index in [1.165, 1.54) is 15.6 Å². The second-order valence-corrected chi connectivity index (χ2v) is 7.79. The number of hydrogen-bond donors (Lipinski definition) is 2. The number of sulfonamides is 1. The van der Waals surface area contributed by atoms with Crippen molar-refractivity contribution in [3.8, 4) is 0 Å². The Morgan fingerprint density at radius 3 is 2.60 bits per heavy atom. The Balaban J connectivity index is 2.98. The maximum absolute atomic E-state index is 12.5. The molecule has 0 radical (unpaired) electrons. The molecular weight excluding hydrogens is 298 g/mol. The molecule has 1 aromatic heterocycles. The van der Waals surface area contributed by atoms with Crippen LogP contribution in [0.3, 0.4) is 0 Å². The minimum Gasteiger partial charge on any atom is -0.409 e. The summed E-state index contributed by atoms with van der Waals surface area (Å²) >= 11 is 1.28. The fourth-order valence-electron chi connectivity index (χ4n) is 1.71. The van der Waals surface area contributed by atoms with E-state index in [9.17, 15) is 8.42 Å². The normalized spacial score (nSPS) is 14.7. The number of aryl methyl sites for hydroxylation is 1. The third kappa shape index (κ3) is 3.71. The van der Waals surface area contributed by atoms with E-state index in [4.69, 9.17) is 10.9 Å². The molecule has 0 amide bonds. The Hall–Kier alpha value is -1.12. The predicted octanol–water partition coefficient (Wildman–Crippen LogP) is 1.70. The number of amidine groups is 1. The lowest BCUT2D eigenvalue weighted by atomic mass is 10.1. The Bertz CT molecular complexity index is 566. The van der Waals surface area contributed by atoms with Crippen molar-refractivity contribution < 1.29 is 13.6 Å². The molecule has 0 fully saturated rings. The summed E-state index contributed by atoms with van der Waals surface area (Å²) in [4.78, 5) is 1.03. The summed E-state index contributed by atoms with van der Waals surface area (Å²) in [6.07, 6.45) is 0.812. The number of nitrogens with two attached hydrogens (primary N) is 1. The quantitative estimate of drug-likeness (QED) is 0.346. The fourth-order valence-corrected chi connectivity index (χ4v) is 4.70. The van der Waals surface area contributed by atoms with Crippen LogP contribution < -0.4 is 5.73 Å². The molecule has 1 atom stereocenters. The molecular formula is C12H21N3O3S2. The number of rotatable bonds is 7. The van der Waals surface area contributed by atoms with Gasteiger partial charge >= 0.3 is 0 Å². The molecule has 1 heterocycles. The van der Waals surface area contributed by atoms with Gasteiger partial charge in [-0.1, -0.05) is 25.9 Å². The minimum absolute atomic E-state index is 0.0269. The van der Waals surface area contributed by atoms with Crippen molar-refractivity contribution in [1.29, 1.82) is 0 Å². The van der Waals surface area contributed by atoms with Gasteiger partial charge in [-0.05, 0) is 18.6 Å². The SMILES string of the molecule is CCc1ccc(S(=O)(=O)N(CC)CC(C)C(N)=NO)s1. The summed E-state index contributed by atoms with van der Waals surface area (Å²) in [7, 11) is -3.52. The lowest BCUT2D eigenvalue weighted by Gasteiger charge is -2.22. The molecule has 0 spiro atoms. The van der Waals surface area contributed by atoms with Crippen molar-refractivity contribution in [3.05, 3.63) is 17.0 Å². The van der Waals surface area contributed by atoms with Crippen LogP contribution in [0.25, 0.3) is 0 Å². The molecule has 0 aliphatic carbocycles. The van der Waals surface area contributed by atoms with Crippen molar-refractivity contribution in [2.45, 2.75) is 31.4 Å². The Morgan fingerprint density at radius 1 is 1.50 bits per heavy atom. The molecule has 0 saturated heterocycles. The van der Waals surface area contributed by atoms with Gasteiger partial charge in [-0.2, -0.15) is 4.31 Å². The summed E-state index contributed by atoms with van der Waals surface area (Å²) in [5.74, 6) is -0.320. The average Bonchev–Trinajstić information content (AvgIpc) is 2.92. The lowest BCUT2D eigenvalue weighted by molar-refractivity contribution is 0.311. The summed E-state index contributed by atoms with van der Waals surface area (Å²) in [6.45, 7) is 6.00. The van der Waals surface area contributed by atoms with Crippen LogP contribution in [0.2, 0.25) is 0 Å². The zero-order valence-electron chi connectivity index (χ0n) is 11.9. The first-order valence-electron chi connectivity index (χ1n) is 6.43. The molecule has 0 bridgehead atoms. The van der Waals surface area contributed by atoms with Gasteiger partial charge in [0.1, 0.15) is 10.0 Å². The first kappa shape index (κ1) is 16.9. The number of oxime groups is 1. The Labute approximate surface area is 123 Å². The topological polar surface area (TPSA) is 96.0 Å². The molecule has 6 nitrogen and oxygen atoms in total. The summed E-state index contributed by atoms with van der Waals surface area (Å²) in [5, 5.41) is 11.6. The van der Waals surface area contributed by atoms with Gasteiger partial charge in [0.2, 0.25) is 0 Å². The standard InChI is InChI=1S/C12H21N3O3S2/c1-4-10-6-7-11(19-10)20(17,18)15(5-2)8-9(3)12(13)14-16/h6-7,9,16H,4-5,8H2,1-3H3,(H2,13,14). The van der Waals surface area contributed by atoms with Gasteiger partial charge in [-0.3, -0.25) is 0 Å². The van der Waals surface area contributed by atoms with Gasteiger partial charge in [0.15, 0.2) is 0 Å². The van der Waals surface area contributed by atoms with E-state index in [2.05, 4.69) is 5.16 Å². The number of thiophene rings is 1. The second kappa shape index (κ2) is 7.05. The van der Waals surface area contributed by atoms with Gasteiger partial charge in [0, 0.05) is 23.9 Å².